The molecule has 0 fully saturated rings. The molecule has 0 radical (unpaired) electrons. The second-order valence-electron chi connectivity index (χ2n) is 5.44. The molecule has 2 rings (SSSR count). The smallest absolute Gasteiger partial charge is 0.416 e. The van der Waals surface area contributed by atoms with Gasteiger partial charge >= 0.3 is 6.18 Å². The lowest BCUT2D eigenvalue weighted by atomic mass is 10.1. The molecule has 5 nitrogen and oxygen atoms in total. The number of ether oxygens (including phenoxy) is 2. The van der Waals surface area contributed by atoms with E-state index in [1.54, 1.807) is 26.4 Å². The lowest BCUT2D eigenvalue weighted by Gasteiger charge is -2.10. The van der Waals surface area contributed by atoms with Crippen LogP contribution in [0.1, 0.15) is 16.7 Å². The fourth-order valence-corrected chi connectivity index (χ4v) is 2.22. The van der Waals surface area contributed by atoms with Gasteiger partial charge in [-0.1, -0.05) is 18.2 Å². The number of rotatable bonds is 6. The van der Waals surface area contributed by atoms with E-state index in [0.717, 1.165) is 17.7 Å². The average Bonchev–Trinajstić information content (AvgIpc) is 2.64. The van der Waals surface area contributed by atoms with Gasteiger partial charge in [0.2, 0.25) is 0 Å². The summed E-state index contributed by atoms with van der Waals surface area (Å²) in [5.74, 6) is 1.41. The number of alkyl halides is 3. The van der Waals surface area contributed by atoms with Crippen LogP contribution in [-0.4, -0.2) is 20.2 Å². The maximum absolute atomic E-state index is 12.5. The van der Waals surface area contributed by atoms with E-state index < -0.39 is 11.7 Å². The number of guanidine groups is 1. The van der Waals surface area contributed by atoms with Crippen LogP contribution < -0.4 is 20.5 Å². The van der Waals surface area contributed by atoms with Crippen molar-refractivity contribution in [3.05, 3.63) is 59.2 Å². The number of benzene rings is 2. The molecule has 0 saturated carbocycles. The minimum atomic E-state index is -4.34. The van der Waals surface area contributed by atoms with Gasteiger partial charge in [0, 0.05) is 6.54 Å². The molecule has 0 saturated heterocycles. The molecular weight excluding hydrogens is 347 g/mol. The van der Waals surface area contributed by atoms with E-state index in [-0.39, 0.29) is 12.5 Å². The van der Waals surface area contributed by atoms with Crippen LogP contribution in [0.3, 0.4) is 0 Å². The van der Waals surface area contributed by atoms with Gasteiger partial charge in [-0.3, -0.25) is 0 Å². The summed E-state index contributed by atoms with van der Waals surface area (Å²) in [4.78, 5) is 4.20. The molecule has 0 spiro atoms. The van der Waals surface area contributed by atoms with E-state index in [9.17, 15) is 13.2 Å². The third kappa shape index (κ3) is 5.30. The lowest BCUT2D eigenvalue weighted by Crippen LogP contribution is -2.31. The first kappa shape index (κ1) is 19.4. The highest BCUT2D eigenvalue weighted by Gasteiger charge is 2.29. The molecule has 140 valence electrons. The van der Waals surface area contributed by atoms with Crippen LogP contribution in [0.2, 0.25) is 0 Å². The highest BCUT2D eigenvalue weighted by atomic mass is 19.4. The van der Waals surface area contributed by atoms with E-state index in [4.69, 9.17) is 15.2 Å². The van der Waals surface area contributed by atoms with Gasteiger partial charge in [0.1, 0.15) is 0 Å². The molecule has 0 amide bonds. The molecule has 2 aromatic carbocycles. The number of nitrogens with zero attached hydrogens (tertiary/aromatic N) is 1. The minimum absolute atomic E-state index is 0.194. The molecule has 0 bridgehead atoms. The van der Waals surface area contributed by atoms with Gasteiger partial charge in [-0.05, 0) is 35.4 Å². The Morgan fingerprint density at radius 1 is 1.00 bits per heavy atom. The normalized spacial score (nSPS) is 12.0. The van der Waals surface area contributed by atoms with E-state index in [0.29, 0.717) is 23.6 Å². The summed E-state index contributed by atoms with van der Waals surface area (Å²) in [5.41, 5.74) is 6.66. The molecule has 0 aliphatic rings. The quantitative estimate of drug-likeness (QED) is 0.607. The predicted octanol–water partition coefficient (Wildman–Crippen LogP) is 3.33. The number of hydrogen-bond donors (Lipinski definition) is 2. The first-order chi connectivity index (χ1) is 12.3. The Balaban J connectivity index is 1.92. The van der Waals surface area contributed by atoms with Crippen molar-refractivity contribution in [2.24, 2.45) is 10.7 Å². The molecule has 0 aromatic heterocycles. The number of aliphatic imine (C=N–C) groups is 1. The molecular formula is C18H20F3N3O2. The van der Waals surface area contributed by atoms with Crippen molar-refractivity contribution in [2.45, 2.75) is 19.3 Å². The second-order valence-corrected chi connectivity index (χ2v) is 5.44. The molecule has 2 aromatic rings. The van der Waals surface area contributed by atoms with E-state index in [1.165, 1.54) is 12.1 Å². The molecule has 0 aliphatic carbocycles. The largest absolute Gasteiger partial charge is 0.493 e. The van der Waals surface area contributed by atoms with Crippen LogP contribution in [0, 0.1) is 0 Å². The molecule has 3 N–H and O–H groups in total. The van der Waals surface area contributed by atoms with Crippen LogP contribution in [0.15, 0.2) is 47.5 Å². The maximum atomic E-state index is 12.5. The van der Waals surface area contributed by atoms with Gasteiger partial charge in [-0.2, -0.15) is 13.2 Å². The predicted molar refractivity (Wildman–Crippen MR) is 93.2 cm³/mol. The van der Waals surface area contributed by atoms with Gasteiger partial charge in [0.05, 0.1) is 26.3 Å². The first-order valence-corrected chi connectivity index (χ1v) is 7.74. The second kappa shape index (κ2) is 8.46. The van der Waals surface area contributed by atoms with Crippen LogP contribution in [0.4, 0.5) is 13.2 Å². The topological polar surface area (TPSA) is 68.9 Å². The van der Waals surface area contributed by atoms with E-state index in [1.807, 2.05) is 6.07 Å². The van der Waals surface area contributed by atoms with Gasteiger partial charge in [-0.15, -0.1) is 0 Å². The van der Waals surface area contributed by atoms with Crippen molar-refractivity contribution in [1.82, 2.24) is 5.32 Å². The van der Waals surface area contributed by atoms with Crippen LogP contribution in [0.25, 0.3) is 0 Å². The Labute approximate surface area is 149 Å². The van der Waals surface area contributed by atoms with Crippen molar-refractivity contribution >= 4 is 5.96 Å². The summed E-state index contributed by atoms with van der Waals surface area (Å²) in [6.45, 7) is 0.603. The van der Waals surface area contributed by atoms with Gasteiger partial charge in [0.25, 0.3) is 0 Å². The summed E-state index contributed by atoms with van der Waals surface area (Å²) in [5, 5.41) is 2.87. The Bertz CT molecular complexity index is 759. The molecule has 0 aliphatic heterocycles. The molecule has 26 heavy (non-hydrogen) atoms. The fraction of sp³-hybridized carbons (Fsp3) is 0.278. The Hall–Kier alpha value is -2.90. The van der Waals surface area contributed by atoms with Gasteiger partial charge in [-0.25, -0.2) is 4.99 Å². The molecule has 0 atom stereocenters. The van der Waals surface area contributed by atoms with Crippen LogP contribution in [-0.2, 0) is 19.3 Å². The van der Waals surface area contributed by atoms with E-state index in [2.05, 4.69) is 10.3 Å². The summed E-state index contributed by atoms with van der Waals surface area (Å²) in [7, 11) is 3.10. The summed E-state index contributed by atoms with van der Waals surface area (Å²) in [6, 6.07) is 10.3. The average molecular weight is 367 g/mol. The lowest BCUT2D eigenvalue weighted by molar-refractivity contribution is -0.137. The highest BCUT2D eigenvalue weighted by Crippen LogP contribution is 2.29. The monoisotopic (exact) mass is 367 g/mol. The molecule has 8 heteroatoms. The number of nitrogens with two attached hydrogens (primary N) is 1. The first-order valence-electron chi connectivity index (χ1n) is 7.74. The SMILES string of the molecule is COc1ccc(CN=C(N)NCc2ccc(C(F)(F)F)cc2)cc1OC. The van der Waals surface area contributed by atoms with Crippen LogP contribution in [0.5, 0.6) is 11.5 Å². The third-order valence-corrected chi connectivity index (χ3v) is 3.63. The number of halogens is 3. The maximum Gasteiger partial charge on any atom is 0.416 e. The fourth-order valence-electron chi connectivity index (χ4n) is 2.22. The highest BCUT2D eigenvalue weighted by molar-refractivity contribution is 5.77. The van der Waals surface area contributed by atoms with Gasteiger partial charge < -0.3 is 20.5 Å². The zero-order chi connectivity index (χ0) is 19.2. The number of methoxy groups -OCH3 is 2. The van der Waals surface area contributed by atoms with Crippen molar-refractivity contribution in [1.29, 1.82) is 0 Å². The number of nitrogens with one attached hydrogen (secondary N) is 1. The van der Waals surface area contributed by atoms with Crippen LogP contribution >= 0.6 is 0 Å². The number of hydrogen-bond acceptors (Lipinski definition) is 3. The summed E-state index contributed by atoms with van der Waals surface area (Å²) >= 11 is 0. The Morgan fingerprint density at radius 3 is 2.19 bits per heavy atom. The Kier molecular flexibility index (Phi) is 6.32. The molecule has 0 unspecified atom stereocenters. The third-order valence-electron chi connectivity index (χ3n) is 3.63. The summed E-state index contributed by atoms with van der Waals surface area (Å²) < 4.78 is 48.0. The zero-order valence-corrected chi connectivity index (χ0v) is 14.4. The van der Waals surface area contributed by atoms with Gasteiger partial charge in [0.15, 0.2) is 17.5 Å². The summed E-state index contributed by atoms with van der Waals surface area (Å²) in [6.07, 6.45) is -4.34. The standard InChI is InChI=1S/C18H20F3N3O2/c1-25-15-8-5-13(9-16(15)26-2)11-24-17(22)23-10-12-3-6-14(7-4-12)18(19,20)21/h3-9H,10-11H2,1-2H3,(H3,22,23,24). The van der Waals surface area contributed by atoms with Crippen molar-refractivity contribution in [2.75, 3.05) is 14.2 Å². The Morgan fingerprint density at radius 2 is 1.62 bits per heavy atom. The van der Waals surface area contributed by atoms with Crippen molar-refractivity contribution in [3.8, 4) is 11.5 Å². The zero-order valence-electron chi connectivity index (χ0n) is 14.4. The minimum Gasteiger partial charge on any atom is -0.493 e. The molecule has 0 heterocycles. The van der Waals surface area contributed by atoms with Crippen molar-refractivity contribution < 1.29 is 22.6 Å². The van der Waals surface area contributed by atoms with E-state index >= 15 is 0 Å². The van der Waals surface area contributed by atoms with Crippen molar-refractivity contribution in [3.63, 3.8) is 0 Å².